The molecule has 1 saturated heterocycles. The molecule has 0 aromatic heterocycles. The van der Waals surface area contributed by atoms with Gasteiger partial charge in [-0.05, 0) is 60.6 Å². The van der Waals surface area contributed by atoms with E-state index in [-0.39, 0.29) is 5.11 Å². The maximum absolute atomic E-state index is 13.4. The first-order chi connectivity index (χ1) is 18.0. The fraction of sp³-hybridized carbons (Fsp3) is 0.231. The minimum absolute atomic E-state index is 0.289. The van der Waals surface area contributed by atoms with Crippen molar-refractivity contribution in [2.75, 3.05) is 17.6 Å². The number of benzene rings is 3. The number of rotatable bonds is 7. The summed E-state index contributed by atoms with van der Waals surface area (Å²) >= 11 is 14.3. The number of ether oxygens (including phenoxy) is 1. The minimum Gasteiger partial charge on any atom is -0.428 e. The van der Waals surface area contributed by atoms with Crippen LogP contribution < -0.4 is 10.1 Å². The van der Waals surface area contributed by atoms with Crippen molar-refractivity contribution in [1.29, 1.82) is 0 Å². The molecule has 1 heterocycles. The van der Waals surface area contributed by atoms with Crippen LogP contribution in [0.4, 0.5) is 23.2 Å². The lowest BCUT2D eigenvalue weighted by atomic mass is 9.85. The number of aliphatic imine (C=N–C) groups is 1. The number of thiocarbonyl (C=S) groups is 1. The molecule has 200 valence electrons. The van der Waals surface area contributed by atoms with Gasteiger partial charge in [-0.15, -0.1) is 0 Å². The summed E-state index contributed by atoms with van der Waals surface area (Å²) in [5.74, 6) is 0.321. The van der Waals surface area contributed by atoms with E-state index in [0.717, 1.165) is 25.8 Å². The highest BCUT2D eigenvalue weighted by atomic mass is 79.9. The predicted molar refractivity (Wildman–Crippen MR) is 156 cm³/mol. The molecule has 3 aromatic rings. The van der Waals surface area contributed by atoms with E-state index in [4.69, 9.17) is 17.2 Å². The van der Waals surface area contributed by atoms with Crippen molar-refractivity contribution in [3.63, 3.8) is 0 Å². The van der Waals surface area contributed by atoms with Gasteiger partial charge in [-0.1, -0.05) is 80.0 Å². The van der Waals surface area contributed by atoms with Crippen LogP contribution in [0.15, 0.2) is 86.7 Å². The number of hydrogen-bond acceptors (Lipinski definition) is 4. The van der Waals surface area contributed by atoms with Crippen LogP contribution >= 0.6 is 55.8 Å². The topological polar surface area (TPSA) is 36.9 Å². The largest absolute Gasteiger partial charge is 0.461 e. The zero-order valence-electron chi connectivity index (χ0n) is 19.8. The minimum atomic E-state index is -4.60. The molecule has 1 fully saturated rings. The van der Waals surface area contributed by atoms with Crippen LogP contribution in [0.5, 0.6) is 5.75 Å². The second-order valence-electron chi connectivity index (χ2n) is 8.41. The monoisotopic (exact) mass is 689 g/mol. The summed E-state index contributed by atoms with van der Waals surface area (Å²) in [5, 5.41) is 3.96. The lowest BCUT2D eigenvalue weighted by Gasteiger charge is -2.30. The average molecular weight is 691 g/mol. The molecule has 0 aliphatic carbocycles. The number of halogens is 6. The third-order valence-electron chi connectivity index (χ3n) is 5.70. The second kappa shape index (κ2) is 11.9. The molecule has 12 heteroatoms. The van der Waals surface area contributed by atoms with E-state index in [1.165, 1.54) is 18.2 Å². The Bertz CT molecular complexity index is 1330. The summed E-state index contributed by atoms with van der Waals surface area (Å²) in [6.45, 7) is 2.60. The Morgan fingerprint density at radius 2 is 1.71 bits per heavy atom. The first-order valence-corrected chi connectivity index (χ1v) is 14.2. The predicted octanol–water partition coefficient (Wildman–Crippen LogP) is 8.51. The van der Waals surface area contributed by atoms with Gasteiger partial charge in [0.15, 0.2) is 10.3 Å². The lowest BCUT2D eigenvalue weighted by molar-refractivity contribution is -0.253. The van der Waals surface area contributed by atoms with Gasteiger partial charge in [0, 0.05) is 33.0 Å². The van der Waals surface area contributed by atoms with Crippen molar-refractivity contribution < 1.29 is 22.3 Å². The quantitative estimate of drug-likeness (QED) is 0.199. The third-order valence-corrected chi connectivity index (χ3v) is 7.89. The zero-order chi connectivity index (χ0) is 27.5. The fourth-order valence-corrected chi connectivity index (χ4v) is 6.49. The summed E-state index contributed by atoms with van der Waals surface area (Å²) in [5.41, 5.74) is 1.49. The van der Waals surface area contributed by atoms with Gasteiger partial charge in [0.1, 0.15) is 11.3 Å². The maximum atomic E-state index is 13.4. The van der Waals surface area contributed by atoms with Crippen molar-refractivity contribution >= 4 is 71.8 Å². The molecule has 1 N–H and O–H groups in total. The summed E-state index contributed by atoms with van der Waals surface area (Å²) in [4.78, 5) is 7.02. The zero-order valence-corrected chi connectivity index (χ0v) is 24.6. The Morgan fingerprint density at radius 3 is 2.37 bits per heavy atom. The second-order valence-corrected chi connectivity index (χ2v) is 11.7. The van der Waals surface area contributed by atoms with E-state index in [2.05, 4.69) is 41.9 Å². The summed E-state index contributed by atoms with van der Waals surface area (Å²) in [7, 11) is 0. The highest BCUT2D eigenvalue weighted by Crippen LogP contribution is 2.38. The first-order valence-electron chi connectivity index (χ1n) is 11.3. The third kappa shape index (κ3) is 6.70. The molecule has 0 spiro atoms. The van der Waals surface area contributed by atoms with Gasteiger partial charge in [-0.2, -0.15) is 17.6 Å². The molecule has 0 saturated carbocycles. The van der Waals surface area contributed by atoms with Gasteiger partial charge < -0.3 is 10.1 Å². The van der Waals surface area contributed by atoms with Crippen LogP contribution in [0.3, 0.4) is 0 Å². The number of thioether (sulfide) groups is 1. The molecule has 0 amide bonds. The molecule has 0 bridgehead atoms. The lowest BCUT2D eigenvalue weighted by Crippen LogP contribution is -2.37. The molecule has 1 aliphatic rings. The number of nitrogens with zero attached hydrogens (tertiary/aromatic N) is 2. The van der Waals surface area contributed by atoms with Crippen LogP contribution in [0.1, 0.15) is 18.1 Å². The van der Waals surface area contributed by atoms with E-state index in [0.29, 0.717) is 17.4 Å². The molecule has 4 nitrogen and oxygen atoms in total. The van der Waals surface area contributed by atoms with Gasteiger partial charge in [0.05, 0.1) is 0 Å². The first kappa shape index (κ1) is 28.8. The summed E-state index contributed by atoms with van der Waals surface area (Å²) < 4.78 is 57.8. The van der Waals surface area contributed by atoms with Crippen molar-refractivity contribution in [1.82, 2.24) is 4.90 Å². The maximum Gasteiger partial charge on any atom is 0.461 e. The van der Waals surface area contributed by atoms with Gasteiger partial charge in [0.2, 0.25) is 0 Å². The molecule has 1 atom stereocenters. The highest BCUT2D eigenvalue weighted by molar-refractivity contribution is 9.11. The van der Waals surface area contributed by atoms with E-state index >= 15 is 0 Å². The van der Waals surface area contributed by atoms with Gasteiger partial charge >= 0.3 is 12.5 Å². The van der Waals surface area contributed by atoms with Crippen molar-refractivity contribution in [2.45, 2.75) is 25.0 Å². The number of amidine groups is 1. The number of nitrogens with one attached hydrogen (secondary N) is 1. The Labute approximate surface area is 244 Å². The summed E-state index contributed by atoms with van der Waals surface area (Å²) in [6, 6.07) is 21.2. The van der Waals surface area contributed by atoms with E-state index in [1.54, 1.807) is 17.8 Å². The Morgan fingerprint density at radius 1 is 1.03 bits per heavy atom. The highest BCUT2D eigenvalue weighted by Gasteiger charge is 2.44. The van der Waals surface area contributed by atoms with Crippen molar-refractivity contribution in [3.05, 3.63) is 92.9 Å². The fourth-order valence-electron chi connectivity index (χ4n) is 3.80. The number of anilines is 1. The Hall–Kier alpha value is -2.15. The number of hydrogen-bond donors (Lipinski definition) is 1. The smallest absolute Gasteiger partial charge is 0.428 e. The van der Waals surface area contributed by atoms with Crippen LogP contribution in [0, 0.1) is 0 Å². The van der Waals surface area contributed by atoms with Gasteiger partial charge in [-0.3, -0.25) is 4.90 Å². The van der Waals surface area contributed by atoms with Crippen LogP contribution in [-0.2, 0) is 5.54 Å². The van der Waals surface area contributed by atoms with Crippen LogP contribution in [-0.4, -0.2) is 40.0 Å². The Kier molecular flexibility index (Phi) is 9.06. The molecular weight excluding hydrogens is 670 g/mol. The van der Waals surface area contributed by atoms with Gasteiger partial charge in [-0.25, -0.2) is 4.99 Å². The Balaban J connectivity index is 1.63. The number of alkyl halides is 4. The summed E-state index contributed by atoms with van der Waals surface area (Å²) in [6.07, 6.45) is -8.56. The normalized spacial score (nSPS) is 16.5. The van der Waals surface area contributed by atoms with Crippen LogP contribution in [0.2, 0.25) is 0 Å². The molecular formula is C26H21Br2F4N3OS2. The molecule has 1 unspecified atom stereocenters. The molecule has 3 aromatic carbocycles. The molecule has 38 heavy (non-hydrogen) atoms. The van der Waals surface area contributed by atoms with Crippen LogP contribution in [0.25, 0.3) is 0 Å². The van der Waals surface area contributed by atoms with Gasteiger partial charge in [0.25, 0.3) is 0 Å². The molecule has 4 rings (SSSR count). The molecule has 1 aliphatic heterocycles. The molecule has 0 radical (unpaired) electrons. The van der Waals surface area contributed by atoms with E-state index < -0.39 is 23.8 Å². The average Bonchev–Trinajstić information content (AvgIpc) is 3.32. The van der Waals surface area contributed by atoms with E-state index in [9.17, 15) is 17.6 Å². The SMILES string of the molecule is CC(N=C1SCCN1C(=S)Nc1cccc(OC(F)(F)C(F)F)c1)(c1ccccc1)c1cc(Br)cc(Br)c1. The van der Waals surface area contributed by atoms with Crippen molar-refractivity contribution in [3.8, 4) is 5.75 Å². The standard InChI is InChI=1S/C26H21Br2F4N3OS2/c1-25(16-6-3-2-4-7-16,17-12-18(27)14-19(28)13-17)34-24-35(10-11-38-24)23(37)33-20-8-5-9-21(15-20)36-26(31,32)22(29)30/h2-9,12-15,22H,10-11H2,1H3,(H,33,37). The van der Waals surface area contributed by atoms with E-state index in [1.807, 2.05) is 60.4 Å². The van der Waals surface area contributed by atoms with Crippen molar-refractivity contribution in [2.24, 2.45) is 4.99 Å².